The lowest BCUT2D eigenvalue weighted by atomic mass is 9.70. The lowest BCUT2D eigenvalue weighted by molar-refractivity contribution is -0.152. The third-order valence-electron chi connectivity index (χ3n) is 4.15. The first-order chi connectivity index (χ1) is 9.91. The molecule has 1 aliphatic rings. The van der Waals surface area contributed by atoms with Gasteiger partial charge in [-0.3, -0.25) is 0 Å². The standard InChI is InChI=1S/C16H22BrNO2S/c1-4-20-14(19)16(11-21-9-8-15(16,2)3)18-13-7-5-6-12(17)10-13/h5-7,10,18H,4,8-9,11H2,1-3H3. The highest BCUT2D eigenvalue weighted by Gasteiger charge is 2.54. The van der Waals surface area contributed by atoms with Crippen LogP contribution in [0.5, 0.6) is 0 Å². The lowest BCUT2D eigenvalue weighted by Crippen LogP contribution is -2.62. The number of halogens is 1. The highest BCUT2D eigenvalue weighted by molar-refractivity contribution is 9.10. The zero-order valence-electron chi connectivity index (χ0n) is 12.7. The van der Waals surface area contributed by atoms with E-state index in [4.69, 9.17) is 4.74 Å². The Hall–Kier alpha value is -0.680. The first kappa shape index (κ1) is 16.7. The van der Waals surface area contributed by atoms with E-state index in [9.17, 15) is 4.79 Å². The molecule has 2 rings (SSSR count). The molecule has 1 atom stereocenters. The second-order valence-corrected chi connectivity index (χ2v) is 7.97. The Morgan fingerprint density at radius 3 is 2.86 bits per heavy atom. The highest BCUT2D eigenvalue weighted by Crippen LogP contribution is 2.45. The monoisotopic (exact) mass is 371 g/mol. The number of hydrogen-bond acceptors (Lipinski definition) is 4. The van der Waals surface area contributed by atoms with Crippen molar-refractivity contribution in [1.82, 2.24) is 0 Å². The first-order valence-electron chi connectivity index (χ1n) is 7.20. The molecular weight excluding hydrogens is 350 g/mol. The predicted molar refractivity (Wildman–Crippen MR) is 92.9 cm³/mol. The summed E-state index contributed by atoms with van der Waals surface area (Å²) in [5, 5.41) is 3.48. The topological polar surface area (TPSA) is 38.3 Å². The lowest BCUT2D eigenvalue weighted by Gasteiger charge is -2.48. The molecule has 1 aromatic carbocycles. The largest absolute Gasteiger partial charge is 0.464 e. The van der Waals surface area contributed by atoms with Crippen LogP contribution in [-0.4, -0.2) is 29.6 Å². The maximum atomic E-state index is 12.7. The Labute approximate surface area is 139 Å². The summed E-state index contributed by atoms with van der Waals surface area (Å²) in [5.41, 5.74) is 0.0903. The van der Waals surface area contributed by atoms with E-state index in [0.717, 1.165) is 28.1 Å². The summed E-state index contributed by atoms with van der Waals surface area (Å²) in [6, 6.07) is 7.93. The van der Waals surface area contributed by atoms with Gasteiger partial charge in [0.25, 0.3) is 0 Å². The van der Waals surface area contributed by atoms with Gasteiger partial charge in [-0.25, -0.2) is 4.79 Å². The van der Waals surface area contributed by atoms with Crippen LogP contribution < -0.4 is 5.32 Å². The molecule has 0 saturated carbocycles. The number of carbonyl (C=O) groups is 1. The Bertz CT molecular complexity index is 521. The summed E-state index contributed by atoms with van der Waals surface area (Å²) in [6.07, 6.45) is 0.984. The molecule has 1 heterocycles. The molecule has 3 nitrogen and oxygen atoms in total. The van der Waals surface area contributed by atoms with Crippen LogP contribution in [0.2, 0.25) is 0 Å². The predicted octanol–water partition coefficient (Wildman–Crippen LogP) is 4.33. The molecule has 21 heavy (non-hydrogen) atoms. The van der Waals surface area contributed by atoms with Crippen LogP contribution in [-0.2, 0) is 9.53 Å². The van der Waals surface area contributed by atoms with Crippen LogP contribution in [0.25, 0.3) is 0 Å². The molecule has 116 valence electrons. The molecule has 0 spiro atoms. The molecule has 1 aliphatic heterocycles. The number of benzene rings is 1. The van der Waals surface area contributed by atoms with Crippen LogP contribution in [0, 0.1) is 5.41 Å². The Balaban J connectivity index is 2.38. The van der Waals surface area contributed by atoms with Crippen LogP contribution in [0.15, 0.2) is 28.7 Å². The van der Waals surface area contributed by atoms with E-state index in [2.05, 4.69) is 35.1 Å². The van der Waals surface area contributed by atoms with Crippen LogP contribution >= 0.6 is 27.7 Å². The maximum Gasteiger partial charge on any atom is 0.333 e. The number of ether oxygens (including phenoxy) is 1. The normalized spacial score (nSPS) is 24.4. The van der Waals surface area contributed by atoms with E-state index in [1.807, 2.05) is 31.2 Å². The van der Waals surface area contributed by atoms with Crippen molar-refractivity contribution in [2.24, 2.45) is 5.41 Å². The van der Waals surface area contributed by atoms with E-state index >= 15 is 0 Å². The van der Waals surface area contributed by atoms with Gasteiger partial charge < -0.3 is 10.1 Å². The van der Waals surface area contributed by atoms with Crippen molar-refractivity contribution in [3.8, 4) is 0 Å². The fraction of sp³-hybridized carbons (Fsp3) is 0.562. The number of thioether (sulfide) groups is 1. The van der Waals surface area contributed by atoms with Crippen molar-refractivity contribution < 1.29 is 9.53 Å². The average Bonchev–Trinajstić information content (AvgIpc) is 2.41. The first-order valence-corrected chi connectivity index (χ1v) is 9.15. The molecule has 1 fully saturated rings. The number of carbonyl (C=O) groups excluding carboxylic acids is 1. The smallest absolute Gasteiger partial charge is 0.333 e. The van der Waals surface area contributed by atoms with Crippen molar-refractivity contribution in [2.75, 3.05) is 23.4 Å². The summed E-state index contributed by atoms with van der Waals surface area (Å²) < 4.78 is 6.39. The van der Waals surface area contributed by atoms with Gasteiger partial charge in [0, 0.05) is 21.3 Å². The average molecular weight is 372 g/mol. The fourth-order valence-corrected chi connectivity index (χ4v) is 4.70. The van der Waals surface area contributed by atoms with Gasteiger partial charge in [0.15, 0.2) is 0 Å². The summed E-state index contributed by atoms with van der Waals surface area (Å²) >= 11 is 5.29. The minimum atomic E-state index is -0.688. The second-order valence-electron chi connectivity index (χ2n) is 5.95. The quantitative estimate of drug-likeness (QED) is 0.799. The number of nitrogens with one attached hydrogen (secondary N) is 1. The van der Waals surface area contributed by atoms with E-state index in [-0.39, 0.29) is 11.4 Å². The van der Waals surface area contributed by atoms with Gasteiger partial charge in [0.2, 0.25) is 0 Å². The maximum absolute atomic E-state index is 12.7. The van der Waals surface area contributed by atoms with Crippen molar-refractivity contribution >= 4 is 39.3 Å². The summed E-state index contributed by atoms with van der Waals surface area (Å²) in [5.74, 6) is 1.65. The van der Waals surface area contributed by atoms with Gasteiger partial charge >= 0.3 is 5.97 Å². The molecule has 5 heteroatoms. The molecule has 0 amide bonds. The molecule has 0 aliphatic carbocycles. The minimum Gasteiger partial charge on any atom is -0.464 e. The number of hydrogen-bond donors (Lipinski definition) is 1. The fourth-order valence-electron chi connectivity index (χ4n) is 2.62. The zero-order chi connectivity index (χ0) is 15.5. The molecule has 1 aromatic rings. The molecule has 1 N–H and O–H groups in total. The van der Waals surface area contributed by atoms with E-state index in [1.54, 1.807) is 11.8 Å². The van der Waals surface area contributed by atoms with Gasteiger partial charge in [-0.1, -0.05) is 35.8 Å². The Kier molecular flexibility index (Phi) is 5.25. The van der Waals surface area contributed by atoms with Crippen molar-refractivity contribution in [2.45, 2.75) is 32.7 Å². The summed E-state index contributed by atoms with van der Waals surface area (Å²) in [6.45, 7) is 6.55. The molecule has 1 saturated heterocycles. The third-order valence-corrected chi connectivity index (χ3v) is 5.77. The third kappa shape index (κ3) is 3.39. The molecule has 0 bridgehead atoms. The van der Waals surface area contributed by atoms with Crippen LogP contribution in [0.3, 0.4) is 0 Å². The highest BCUT2D eigenvalue weighted by atomic mass is 79.9. The van der Waals surface area contributed by atoms with Crippen molar-refractivity contribution in [3.05, 3.63) is 28.7 Å². The molecule has 1 unspecified atom stereocenters. The van der Waals surface area contributed by atoms with Gasteiger partial charge in [0.1, 0.15) is 5.54 Å². The number of anilines is 1. The van der Waals surface area contributed by atoms with E-state index in [1.165, 1.54) is 0 Å². The van der Waals surface area contributed by atoms with Crippen molar-refractivity contribution in [1.29, 1.82) is 0 Å². The molecular formula is C16H22BrNO2S. The summed E-state index contributed by atoms with van der Waals surface area (Å²) in [4.78, 5) is 12.7. The van der Waals surface area contributed by atoms with Gasteiger partial charge in [-0.2, -0.15) is 11.8 Å². The minimum absolute atomic E-state index is 0.151. The van der Waals surface area contributed by atoms with E-state index in [0.29, 0.717) is 6.61 Å². The Morgan fingerprint density at radius 1 is 1.48 bits per heavy atom. The summed E-state index contributed by atoms with van der Waals surface area (Å²) in [7, 11) is 0. The number of rotatable bonds is 4. The Morgan fingerprint density at radius 2 is 2.24 bits per heavy atom. The molecule has 0 aromatic heterocycles. The van der Waals surface area contributed by atoms with Crippen LogP contribution in [0.4, 0.5) is 5.69 Å². The van der Waals surface area contributed by atoms with Crippen LogP contribution in [0.1, 0.15) is 27.2 Å². The second kappa shape index (κ2) is 6.61. The van der Waals surface area contributed by atoms with Gasteiger partial charge in [-0.05, 0) is 37.3 Å². The van der Waals surface area contributed by atoms with Gasteiger partial charge in [-0.15, -0.1) is 0 Å². The van der Waals surface area contributed by atoms with Crippen molar-refractivity contribution in [3.63, 3.8) is 0 Å². The van der Waals surface area contributed by atoms with Gasteiger partial charge in [0.05, 0.1) is 6.61 Å². The number of esters is 1. The van der Waals surface area contributed by atoms with E-state index < -0.39 is 5.54 Å². The molecule has 0 radical (unpaired) electrons. The zero-order valence-corrected chi connectivity index (χ0v) is 15.1. The SMILES string of the molecule is CCOC(=O)C1(Nc2cccc(Br)c2)CSCCC1(C)C.